The lowest BCUT2D eigenvalue weighted by atomic mass is 9.99. The van der Waals surface area contributed by atoms with Crippen molar-refractivity contribution in [1.29, 1.82) is 0 Å². The van der Waals surface area contributed by atoms with E-state index >= 15 is 0 Å². The summed E-state index contributed by atoms with van der Waals surface area (Å²) in [6.45, 7) is 0. The molecule has 2 aromatic heterocycles. The Morgan fingerprint density at radius 3 is 1.76 bits per heavy atom. The number of hydrogen-bond acceptors (Lipinski definition) is 4. The summed E-state index contributed by atoms with van der Waals surface area (Å²) in [4.78, 5) is 25.9. The van der Waals surface area contributed by atoms with Gasteiger partial charge < -0.3 is 8.83 Å². The maximum absolute atomic E-state index is 13.2. The molecular weight excluding hydrogens is 424 g/mol. The zero-order valence-electron chi connectivity index (χ0n) is 18.0. The first-order valence-electron chi connectivity index (χ1n) is 10.9. The molecule has 0 bridgehead atoms. The third kappa shape index (κ3) is 3.42. The van der Waals surface area contributed by atoms with Crippen LogP contribution in [-0.2, 0) is 0 Å². The number of fused-ring (bicyclic) bond motifs is 2. The first kappa shape index (κ1) is 19.9. The summed E-state index contributed by atoms with van der Waals surface area (Å²) in [6.07, 6.45) is 0. The van der Waals surface area contributed by atoms with Gasteiger partial charge in [-0.3, -0.25) is 9.59 Å². The third-order valence-corrected chi connectivity index (χ3v) is 5.91. The maximum atomic E-state index is 13.2. The van der Waals surface area contributed by atoms with Crippen molar-refractivity contribution in [3.63, 3.8) is 0 Å². The van der Waals surface area contributed by atoms with E-state index in [1.54, 1.807) is 12.1 Å². The van der Waals surface area contributed by atoms with Gasteiger partial charge in [-0.1, -0.05) is 78.9 Å². The highest BCUT2D eigenvalue weighted by atomic mass is 16.3. The van der Waals surface area contributed by atoms with Gasteiger partial charge in [0.05, 0.1) is 10.8 Å². The summed E-state index contributed by atoms with van der Waals surface area (Å²) >= 11 is 0. The van der Waals surface area contributed by atoms with E-state index < -0.39 is 0 Å². The van der Waals surface area contributed by atoms with Gasteiger partial charge in [-0.25, -0.2) is 0 Å². The monoisotopic (exact) mass is 442 g/mol. The van der Waals surface area contributed by atoms with Gasteiger partial charge in [-0.05, 0) is 29.3 Å². The van der Waals surface area contributed by atoms with Crippen LogP contribution in [0.3, 0.4) is 0 Å². The van der Waals surface area contributed by atoms with Crippen molar-refractivity contribution in [2.45, 2.75) is 0 Å². The molecule has 0 unspecified atom stereocenters. The van der Waals surface area contributed by atoms with Gasteiger partial charge in [0.1, 0.15) is 22.7 Å². The Kier molecular flexibility index (Phi) is 4.70. The molecular formula is C30H18O4. The van der Waals surface area contributed by atoms with Crippen LogP contribution < -0.4 is 10.9 Å². The van der Waals surface area contributed by atoms with E-state index in [0.29, 0.717) is 33.5 Å². The molecule has 0 atom stereocenters. The highest BCUT2D eigenvalue weighted by molar-refractivity contribution is 5.96. The van der Waals surface area contributed by atoms with Crippen molar-refractivity contribution in [3.8, 4) is 33.8 Å². The molecule has 0 aliphatic carbocycles. The molecule has 0 amide bonds. The van der Waals surface area contributed by atoms with Crippen molar-refractivity contribution in [3.05, 3.63) is 130 Å². The molecule has 0 aliphatic rings. The summed E-state index contributed by atoms with van der Waals surface area (Å²) in [5.74, 6) is 1.02. The van der Waals surface area contributed by atoms with Crippen molar-refractivity contribution >= 4 is 21.9 Å². The van der Waals surface area contributed by atoms with Crippen LogP contribution in [0.15, 0.2) is 128 Å². The van der Waals surface area contributed by atoms with Gasteiger partial charge in [-0.2, -0.15) is 0 Å². The topological polar surface area (TPSA) is 60.4 Å². The lowest BCUT2D eigenvalue weighted by Gasteiger charge is -2.09. The fraction of sp³-hybridized carbons (Fsp3) is 0. The molecule has 4 aromatic carbocycles. The van der Waals surface area contributed by atoms with Gasteiger partial charge in [0, 0.05) is 23.3 Å². The predicted molar refractivity (Wildman–Crippen MR) is 135 cm³/mol. The first-order valence-corrected chi connectivity index (χ1v) is 10.9. The fourth-order valence-electron chi connectivity index (χ4n) is 4.26. The summed E-state index contributed by atoms with van der Waals surface area (Å²) < 4.78 is 12.2. The van der Waals surface area contributed by atoms with Gasteiger partial charge in [0.15, 0.2) is 10.9 Å². The second-order valence-electron chi connectivity index (χ2n) is 8.07. The second-order valence-corrected chi connectivity index (χ2v) is 8.07. The highest BCUT2D eigenvalue weighted by Crippen LogP contribution is 2.31. The first-order chi connectivity index (χ1) is 16.7. The normalized spacial score (nSPS) is 11.2. The van der Waals surface area contributed by atoms with Gasteiger partial charge >= 0.3 is 0 Å². The largest absolute Gasteiger partial charge is 0.456 e. The molecule has 0 spiro atoms. The molecule has 6 rings (SSSR count). The van der Waals surface area contributed by atoms with Gasteiger partial charge in [0.25, 0.3) is 0 Å². The molecule has 4 nitrogen and oxygen atoms in total. The smallest absolute Gasteiger partial charge is 0.193 e. The maximum Gasteiger partial charge on any atom is 0.193 e. The van der Waals surface area contributed by atoms with Crippen LogP contribution in [0.1, 0.15) is 0 Å². The van der Waals surface area contributed by atoms with Crippen LogP contribution in [0.5, 0.6) is 0 Å². The molecule has 0 radical (unpaired) electrons. The van der Waals surface area contributed by atoms with E-state index in [9.17, 15) is 9.59 Å². The number of benzene rings is 4. The average Bonchev–Trinajstić information content (AvgIpc) is 2.89. The Morgan fingerprint density at radius 1 is 0.471 bits per heavy atom. The van der Waals surface area contributed by atoms with Gasteiger partial charge in [-0.15, -0.1) is 0 Å². The molecule has 0 aliphatic heterocycles. The van der Waals surface area contributed by atoms with Gasteiger partial charge in [0.2, 0.25) is 0 Å². The number of rotatable bonds is 3. The van der Waals surface area contributed by atoms with Crippen LogP contribution in [0.4, 0.5) is 0 Å². The van der Waals surface area contributed by atoms with E-state index in [0.717, 1.165) is 22.3 Å². The molecule has 34 heavy (non-hydrogen) atoms. The Balaban J connectivity index is 1.54. The van der Waals surface area contributed by atoms with E-state index in [4.69, 9.17) is 8.83 Å². The lowest BCUT2D eigenvalue weighted by Crippen LogP contribution is -2.03. The fourth-order valence-corrected chi connectivity index (χ4v) is 4.26. The minimum Gasteiger partial charge on any atom is -0.456 e. The Labute approximate surface area is 194 Å². The summed E-state index contributed by atoms with van der Waals surface area (Å²) in [5, 5.41) is 0.977. The minimum absolute atomic E-state index is 0.114. The van der Waals surface area contributed by atoms with E-state index in [-0.39, 0.29) is 10.9 Å². The zero-order chi connectivity index (χ0) is 23.1. The zero-order valence-corrected chi connectivity index (χ0v) is 18.0. The minimum atomic E-state index is -0.129. The molecule has 4 heteroatoms. The lowest BCUT2D eigenvalue weighted by molar-refractivity contribution is 0.618. The summed E-state index contributed by atoms with van der Waals surface area (Å²) in [6, 6.07) is 33.0. The summed E-state index contributed by atoms with van der Waals surface area (Å²) in [5.41, 5.74) is 3.88. The second kappa shape index (κ2) is 8.01. The highest BCUT2D eigenvalue weighted by Gasteiger charge is 2.14. The Bertz CT molecular complexity index is 1780. The molecule has 6 aromatic rings. The molecule has 162 valence electrons. The van der Waals surface area contributed by atoms with Crippen molar-refractivity contribution in [2.24, 2.45) is 0 Å². The Morgan fingerprint density at radius 2 is 1.09 bits per heavy atom. The van der Waals surface area contributed by atoms with Crippen molar-refractivity contribution in [2.75, 3.05) is 0 Å². The molecule has 0 saturated heterocycles. The van der Waals surface area contributed by atoms with Crippen molar-refractivity contribution < 1.29 is 8.83 Å². The van der Waals surface area contributed by atoms with E-state index in [2.05, 4.69) is 0 Å². The van der Waals surface area contributed by atoms with E-state index in [1.165, 1.54) is 12.1 Å². The molecule has 0 fully saturated rings. The quantitative estimate of drug-likeness (QED) is 0.299. The Hall–Kier alpha value is -4.70. The van der Waals surface area contributed by atoms with Crippen LogP contribution >= 0.6 is 0 Å². The summed E-state index contributed by atoms with van der Waals surface area (Å²) in [7, 11) is 0. The molecule has 2 heterocycles. The SMILES string of the molecule is O=c1cc(-c2ccccc2)oc2cc(-c3cccc4oc(-c5ccccc5)cc(=O)c34)ccc12. The predicted octanol–water partition coefficient (Wildman–Crippen LogP) is 6.90. The third-order valence-electron chi connectivity index (χ3n) is 5.91. The molecule has 0 N–H and O–H groups in total. The number of hydrogen-bond donors (Lipinski definition) is 0. The van der Waals surface area contributed by atoms with Crippen LogP contribution in [-0.4, -0.2) is 0 Å². The van der Waals surface area contributed by atoms with Crippen LogP contribution in [0.2, 0.25) is 0 Å². The van der Waals surface area contributed by atoms with Crippen LogP contribution in [0, 0.1) is 0 Å². The average molecular weight is 442 g/mol. The molecule has 0 saturated carbocycles. The van der Waals surface area contributed by atoms with E-state index in [1.807, 2.05) is 84.9 Å². The standard InChI is InChI=1S/C30H18O4/c31-24-17-27(19-8-3-1-4-9-19)34-29-16-21(14-15-23(24)29)22-12-7-13-26-30(22)25(32)18-28(33-26)20-10-5-2-6-11-20/h1-18H. The van der Waals surface area contributed by atoms with Crippen LogP contribution in [0.25, 0.3) is 55.7 Å². The van der Waals surface area contributed by atoms with Crippen molar-refractivity contribution in [1.82, 2.24) is 0 Å².